The molecule has 0 aliphatic carbocycles. The number of β-amino-alcohol motifs (C(OH)–C–C–N with tert-alkyl or cyclic N) is 1. The molecule has 1 atom stereocenters. The normalized spacial score (nSPS) is 17.4. The number of carbonyl (C=O) groups excluding carboxylic acids is 2. The van der Waals surface area contributed by atoms with Gasteiger partial charge in [-0.25, -0.2) is 4.79 Å². The van der Waals surface area contributed by atoms with Gasteiger partial charge in [-0.15, -0.1) is 0 Å². The molecular formula is C22H28N4O3. The molecule has 0 unspecified atom stereocenters. The first-order valence-electron chi connectivity index (χ1n) is 10.1. The highest BCUT2D eigenvalue weighted by Gasteiger charge is 2.31. The highest BCUT2D eigenvalue weighted by molar-refractivity contribution is 6.14. The van der Waals surface area contributed by atoms with Crippen LogP contribution < -0.4 is 0 Å². The SMILES string of the molecule is CC(C)n1c2ccccc2c2c1cc(C(=O)N1CCC[C@@H](O)C1)n2C(=O)N(C)C. The third-order valence-corrected chi connectivity index (χ3v) is 5.65. The number of benzene rings is 1. The molecule has 4 rings (SSSR count). The number of piperidine rings is 1. The van der Waals surface area contributed by atoms with E-state index < -0.39 is 6.10 Å². The molecule has 7 nitrogen and oxygen atoms in total. The van der Waals surface area contributed by atoms with Crippen molar-refractivity contribution in [1.82, 2.24) is 18.9 Å². The molecule has 1 N–H and O–H groups in total. The molecule has 1 fully saturated rings. The van der Waals surface area contributed by atoms with Crippen LogP contribution in [0.3, 0.4) is 0 Å². The number of carbonyl (C=O) groups is 2. The summed E-state index contributed by atoms with van der Waals surface area (Å²) < 4.78 is 3.71. The largest absolute Gasteiger partial charge is 0.391 e. The molecule has 1 saturated heterocycles. The molecule has 154 valence electrons. The molecule has 1 aromatic carbocycles. The molecule has 2 amide bonds. The van der Waals surface area contributed by atoms with Gasteiger partial charge in [0.15, 0.2) is 0 Å². The lowest BCUT2D eigenvalue weighted by Gasteiger charge is -2.30. The lowest BCUT2D eigenvalue weighted by Crippen LogP contribution is -2.43. The van der Waals surface area contributed by atoms with Gasteiger partial charge in [0.25, 0.3) is 5.91 Å². The molecule has 29 heavy (non-hydrogen) atoms. The summed E-state index contributed by atoms with van der Waals surface area (Å²) >= 11 is 0. The summed E-state index contributed by atoms with van der Waals surface area (Å²) in [5.41, 5.74) is 3.02. The van der Waals surface area contributed by atoms with Crippen molar-refractivity contribution in [2.75, 3.05) is 27.2 Å². The van der Waals surface area contributed by atoms with Gasteiger partial charge >= 0.3 is 6.03 Å². The highest BCUT2D eigenvalue weighted by atomic mass is 16.3. The molecule has 0 radical (unpaired) electrons. The lowest BCUT2D eigenvalue weighted by atomic mass is 10.1. The zero-order valence-electron chi connectivity index (χ0n) is 17.4. The van der Waals surface area contributed by atoms with E-state index >= 15 is 0 Å². The number of nitrogens with zero attached hydrogens (tertiary/aromatic N) is 4. The van der Waals surface area contributed by atoms with E-state index in [0.29, 0.717) is 25.2 Å². The minimum absolute atomic E-state index is 0.169. The summed E-state index contributed by atoms with van der Waals surface area (Å²) in [6.45, 7) is 5.08. The Labute approximate surface area is 170 Å². The van der Waals surface area contributed by atoms with E-state index in [1.807, 2.05) is 30.3 Å². The predicted molar refractivity (Wildman–Crippen MR) is 113 cm³/mol. The van der Waals surface area contributed by atoms with E-state index in [1.54, 1.807) is 23.6 Å². The molecule has 3 aromatic rings. The molecule has 7 heteroatoms. The van der Waals surface area contributed by atoms with Crippen LogP contribution in [0, 0.1) is 0 Å². The van der Waals surface area contributed by atoms with Crippen LogP contribution >= 0.6 is 0 Å². The third-order valence-electron chi connectivity index (χ3n) is 5.65. The Morgan fingerprint density at radius 3 is 2.55 bits per heavy atom. The van der Waals surface area contributed by atoms with Crippen LogP contribution in [0.1, 0.15) is 43.2 Å². The van der Waals surface area contributed by atoms with Crippen LogP contribution in [0.4, 0.5) is 4.79 Å². The number of amides is 2. The molecule has 1 aliphatic heterocycles. The minimum Gasteiger partial charge on any atom is -0.391 e. The predicted octanol–water partition coefficient (Wildman–Crippen LogP) is 3.30. The minimum atomic E-state index is -0.514. The number of aromatic nitrogens is 2. The van der Waals surface area contributed by atoms with Crippen molar-refractivity contribution in [3.05, 3.63) is 36.0 Å². The van der Waals surface area contributed by atoms with E-state index in [9.17, 15) is 14.7 Å². The van der Waals surface area contributed by atoms with Gasteiger partial charge in [-0.3, -0.25) is 9.36 Å². The topological polar surface area (TPSA) is 70.7 Å². The van der Waals surface area contributed by atoms with Crippen molar-refractivity contribution in [2.45, 2.75) is 38.8 Å². The summed E-state index contributed by atoms with van der Waals surface area (Å²) in [6.07, 6.45) is 0.947. The Hall–Kier alpha value is -2.80. The summed E-state index contributed by atoms with van der Waals surface area (Å²) in [5.74, 6) is -0.213. The fraction of sp³-hybridized carbons (Fsp3) is 0.455. The van der Waals surface area contributed by atoms with Gasteiger partial charge in [0.1, 0.15) is 5.69 Å². The second kappa shape index (κ2) is 7.22. The van der Waals surface area contributed by atoms with Crippen LogP contribution in [0.25, 0.3) is 21.9 Å². The maximum Gasteiger partial charge on any atom is 0.328 e. The first-order valence-corrected chi connectivity index (χ1v) is 10.1. The average Bonchev–Trinajstić information content (AvgIpc) is 3.21. The van der Waals surface area contributed by atoms with Crippen LogP contribution in [0.15, 0.2) is 30.3 Å². The van der Waals surface area contributed by atoms with E-state index in [4.69, 9.17) is 0 Å². The number of hydrogen-bond acceptors (Lipinski definition) is 3. The van der Waals surface area contributed by atoms with E-state index in [-0.39, 0.29) is 18.0 Å². The van der Waals surface area contributed by atoms with Gasteiger partial charge in [0.2, 0.25) is 0 Å². The monoisotopic (exact) mass is 396 g/mol. The van der Waals surface area contributed by atoms with Crippen molar-refractivity contribution in [3.8, 4) is 0 Å². The molecule has 0 saturated carbocycles. The second-order valence-electron chi connectivity index (χ2n) is 8.30. The Morgan fingerprint density at radius 1 is 1.17 bits per heavy atom. The summed E-state index contributed by atoms with van der Waals surface area (Å²) in [4.78, 5) is 29.7. The number of para-hydroxylation sites is 1. The van der Waals surface area contributed by atoms with E-state index in [0.717, 1.165) is 28.4 Å². The summed E-state index contributed by atoms with van der Waals surface area (Å²) in [5, 5.41) is 11.0. The van der Waals surface area contributed by atoms with Crippen LogP contribution in [0.5, 0.6) is 0 Å². The van der Waals surface area contributed by atoms with Gasteiger partial charge in [-0.05, 0) is 38.8 Å². The number of aliphatic hydroxyl groups excluding tert-OH is 1. The van der Waals surface area contributed by atoms with Crippen molar-refractivity contribution in [1.29, 1.82) is 0 Å². The second-order valence-corrected chi connectivity index (χ2v) is 8.30. The number of rotatable bonds is 2. The number of aliphatic hydroxyl groups is 1. The Bertz CT molecular complexity index is 1090. The molecule has 0 spiro atoms. The summed E-state index contributed by atoms with van der Waals surface area (Å²) in [6, 6.07) is 9.72. The first-order chi connectivity index (χ1) is 13.8. The third kappa shape index (κ3) is 3.09. The first kappa shape index (κ1) is 19.5. The van der Waals surface area contributed by atoms with E-state index in [1.165, 1.54) is 4.90 Å². The molecule has 1 aliphatic rings. The highest BCUT2D eigenvalue weighted by Crippen LogP contribution is 2.35. The standard InChI is InChI=1S/C22H28N4O3/c1-14(2)25-17-10-6-5-9-16(17)20-18(25)12-19(26(20)22(29)23(3)4)21(28)24-11-7-8-15(27)13-24/h5-6,9-10,12,14-15,27H,7-8,11,13H2,1-4H3/t15-/m1/s1. The average molecular weight is 396 g/mol. The van der Waals surface area contributed by atoms with Gasteiger partial charge in [-0.1, -0.05) is 18.2 Å². The Balaban J connectivity index is 1.99. The lowest BCUT2D eigenvalue weighted by molar-refractivity contribution is 0.0466. The van der Waals surface area contributed by atoms with Gasteiger partial charge in [0.05, 0.1) is 22.7 Å². The number of likely N-dealkylation sites (tertiary alicyclic amines) is 1. The quantitative estimate of drug-likeness (QED) is 0.722. The maximum atomic E-state index is 13.4. The van der Waals surface area contributed by atoms with Crippen molar-refractivity contribution >= 4 is 33.9 Å². The van der Waals surface area contributed by atoms with E-state index in [2.05, 4.69) is 18.4 Å². The van der Waals surface area contributed by atoms with Gasteiger partial charge in [-0.2, -0.15) is 0 Å². The Kier molecular flexibility index (Phi) is 4.86. The zero-order valence-corrected chi connectivity index (χ0v) is 17.4. The van der Waals surface area contributed by atoms with Crippen LogP contribution in [-0.2, 0) is 0 Å². The van der Waals surface area contributed by atoms with Crippen molar-refractivity contribution in [2.24, 2.45) is 0 Å². The smallest absolute Gasteiger partial charge is 0.328 e. The molecule has 2 aromatic heterocycles. The van der Waals surface area contributed by atoms with Gasteiger partial charge < -0.3 is 19.5 Å². The molecule has 3 heterocycles. The number of fused-ring (bicyclic) bond motifs is 3. The molecule has 0 bridgehead atoms. The van der Waals surface area contributed by atoms with Crippen molar-refractivity contribution < 1.29 is 14.7 Å². The van der Waals surface area contributed by atoms with Crippen LogP contribution in [-0.4, -0.2) is 69.3 Å². The van der Waals surface area contributed by atoms with Crippen LogP contribution in [0.2, 0.25) is 0 Å². The fourth-order valence-electron chi connectivity index (χ4n) is 4.37. The molecular weight excluding hydrogens is 368 g/mol. The Morgan fingerprint density at radius 2 is 1.90 bits per heavy atom. The van der Waals surface area contributed by atoms with Gasteiger partial charge in [0, 0.05) is 38.6 Å². The zero-order chi connectivity index (χ0) is 20.9. The summed E-state index contributed by atoms with van der Waals surface area (Å²) in [7, 11) is 3.38. The van der Waals surface area contributed by atoms with Crippen molar-refractivity contribution in [3.63, 3.8) is 0 Å². The number of hydrogen-bond donors (Lipinski definition) is 1. The fourth-order valence-corrected chi connectivity index (χ4v) is 4.37. The maximum absolute atomic E-state index is 13.4.